The van der Waals surface area contributed by atoms with E-state index in [2.05, 4.69) is 27.3 Å². The number of halogens is 1. The molecule has 6 heteroatoms. The summed E-state index contributed by atoms with van der Waals surface area (Å²) in [4.78, 5) is 11.0. The standard InChI is InChI=1S/C20H24BrNO4/c1-4-25-18-9-16(11-22-14(3)20(23)24)17(21)10-19(18)26-12-15-7-5-6-13(2)8-15/h5-10,14,22H,4,11-12H2,1-3H3,(H,23,24). The Balaban J connectivity index is 2.15. The van der Waals surface area contributed by atoms with Crippen LogP contribution in [0, 0.1) is 6.92 Å². The highest BCUT2D eigenvalue weighted by Crippen LogP contribution is 2.34. The quantitative estimate of drug-likeness (QED) is 0.631. The molecule has 0 radical (unpaired) electrons. The van der Waals surface area contributed by atoms with Gasteiger partial charge in [-0.2, -0.15) is 0 Å². The first kappa shape index (κ1) is 20.3. The number of aliphatic carboxylic acids is 1. The zero-order valence-electron chi connectivity index (χ0n) is 15.2. The van der Waals surface area contributed by atoms with Gasteiger partial charge in [-0.25, -0.2) is 0 Å². The number of aryl methyl sites for hydroxylation is 1. The summed E-state index contributed by atoms with van der Waals surface area (Å²) in [6, 6.07) is 11.3. The van der Waals surface area contributed by atoms with Crippen LogP contribution in [0.5, 0.6) is 11.5 Å². The average Bonchev–Trinajstić information content (AvgIpc) is 2.60. The fourth-order valence-electron chi connectivity index (χ4n) is 2.41. The molecule has 2 aromatic carbocycles. The lowest BCUT2D eigenvalue weighted by Gasteiger charge is -2.16. The maximum Gasteiger partial charge on any atom is 0.320 e. The Morgan fingerprint density at radius 3 is 2.62 bits per heavy atom. The number of rotatable bonds is 9. The predicted octanol–water partition coefficient (Wildman–Crippen LogP) is 4.30. The van der Waals surface area contributed by atoms with Gasteiger partial charge < -0.3 is 19.9 Å². The van der Waals surface area contributed by atoms with E-state index >= 15 is 0 Å². The van der Waals surface area contributed by atoms with Crippen LogP contribution in [0.4, 0.5) is 0 Å². The van der Waals surface area contributed by atoms with Crippen molar-refractivity contribution in [1.82, 2.24) is 5.32 Å². The second-order valence-electron chi connectivity index (χ2n) is 6.04. The van der Waals surface area contributed by atoms with Gasteiger partial charge >= 0.3 is 5.97 Å². The monoisotopic (exact) mass is 421 g/mol. The molecule has 1 unspecified atom stereocenters. The molecule has 2 aromatic rings. The van der Waals surface area contributed by atoms with Crippen LogP contribution in [-0.4, -0.2) is 23.7 Å². The Morgan fingerprint density at radius 1 is 1.23 bits per heavy atom. The van der Waals surface area contributed by atoms with Crippen LogP contribution in [0.2, 0.25) is 0 Å². The normalized spacial score (nSPS) is 11.8. The molecule has 0 aliphatic heterocycles. The summed E-state index contributed by atoms with van der Waals surface area (Å²) in [6.07, 6.45) is 0. The van der Waals surface area contributed by atoms with Crippen molar-refractivity contribution >= 4 is 21.9 Å². The second kappa shape index (κ2) is 9.59. The third kappa shape index (κ3) is 5.75. The Labute approximate surface area is 162 Å². The second-order valence-corrected chi connectivity index (χ2v) is 6.90. The topological polar surface area (TPSA) is 67.8 Å². The predicted molar refractivity (Wildman–Crippen MR) is 105 cm³/mol. The van der Waals surface area contributed by atoms with E-state index in [0.29, 0.717) is 31.3 Å². The minimum Gasteiger partial charge on any atom is -0.490 e. The van der Waals surface area contributed by atoms with Crippen LogP contribution in [0.15, 0.2) is 40.9 Å². The van der Waals surface area contributed by atoms with Gasteiger partial charge in [0.05, 0.1) is 6.61 Å². The molecular weight excluding hydrogens is 398 g/mol. The van der Waals surface area contributed by atoms with E-state index in [1.54, 1.807) is 6.92 Å². The SMILES string of the molecule is CCOc1cc(CNC(C)C(=O)O)c(Br)cc1OCc1cccc(C)c1. The van der Waals surface area contributed by atoms with Crippen molar-refractivity contribution in [2.45, 2.75) is 40.0 Å². The molecule has 0 aliphatic rings. The lowest BCUT2D eigenvalue weighted by atomic mass is 10.1. The number of hydrogen-bond acceptors (Lipinski definition) is 4. The summed E-state index contributed by atoms with van der Waals surface area (Å²) in [7, 11) is 0. The molecule has 0 aliphatic carbocycles. The number of ether oxygens (including phenoxy) is 2. The van der Waals surface area contributed by atoms with E-state index in [-0.39, 0.29) is 0 Å². The minimum atomic E-state index is -0.885. The Hall–Kier alpha value is -2.05. The van der Waals surface area contributed by atoms with E-state index in [0.717, 1.165) is 15.6 Å². The highest BCUT2D eigenvalue weighted by atomic mass is 79.9. The highest BCUT2D eigenvalue weighted by molar-refractivity contribution is 9.10. The molecule has 0 aromatic heterocycles. The number of carbonyl (C=O) groups is 1. The first-order chi connectivity index (χ1) is 12.4. The molecule has 140 valence electrons. The zero-order chi connectivity index (χ0) is 19.1. The highest BCUT2D eigenvalue weighted by Gasteiger charge is 2.14. The molecule has 1 atom stereocenters. The van der Waals surface area contributed by atoms with Gasteiger partial charge in [0.1, 0.15) is 12.6 Å². The molecule has 0 amide bonds. The van der Waals surface area contributed by atoms with Crippen LogP contribution >= 0.6 is 15.9 Å². The van der Waals surface area contributed by atoms with Crippen LogP contribution in [0.1, 0.15) is 30.5 Å². The number of carboxylic acids is 1. The average molecular weight is 422 g/mol. The molecule has 2 N–H and O–H groups in total. The number of benzene rings is 2. The molecule has 0 bridgehead atoms. The molecule has 0 saturated carbocycles. The van der Waals surface area contributed by atoms with Gasteiger partial charge in [-0.05, 0) is 44.0 Å². The smallest absolute Gasteiger partial charge is 0.320 e. The Morgan fingerprint density at radius 2 is 1.96 bits per heavy atom. The maximum absolute atomic E-state index is 11.0. The van der Waals surface area contributed by atoms with E-state index in [1.807, 2.05) is 44.2 Å². The molecule has 0 spiro atoms. The van der Waals surface area contributed by atoms with E-state index in [1.165, 1.54) is 5.56 Å². The Kier molecular flexibility index (Phi) is 7.48. The van der Waals surface area contributed by atoms with Crippen molar-refractivity contribution in [1.29, 1.82) is 0 Å². The van der Waals surface area contributed by atoms with Crippen molar-refractivity contribution in [3.8, 4) is 11.5 Å². The third-order valence-corrected chi connectivity index (χ3v) is 4.60. The van der Waals surface area contributed by atoms with Crippen molar-refractivity contribution < 1.29 is 19.4 Å². The zero-order valence-corrected chi connectivity index (χ0v) is 16.8. The molecule has 2 rings (SSSR count). The first-order valence-electron chi connectivity index (χ1n) is 8.50. The summed E-state index contributed by atoms with van der Waals surface area (Å²) in [5.41, 5.74) is 3.18. The first-order valence-corrected chi connectivity index (χ1v) is 9.29. The van der Waals surface area contributed by atoms with Crippen molar-refractivity contribution in [3.63, 3.8) is 0 Å². The van der Waals surface area contributed by atoms with E-state index in [4.69, 9.17) is 14.6 Å². The van der Waals surface area contributed by atoms with Gasteiger partial charge in [0.2, 0.25) is 0 Å². The van der Waals surface area contributed by atoms with Crippen molar-refractivity contribution in [3.05, 3.63) is 57.6 Å². The van der Waals surface area contributed by atoms with Gasteiger partial charge in [-0.15, -0.1) is 0 Å². The van der Waals surface area contributed by atoms with Crippen LogP contribution in [-0.2, 0) is 17.9 Å². The number of nitrogens with one attached hydrogen (secondary N) is 1. The van der Waals surface area contributed by atoms with Crippen LogP contribution in [0.25, 0.3) is 0 Å². The van der Waals surface area contributed by atoms with Crippen molar-refractivity contribution in [2.75, 3.05) is 6.61 Å². The molecule has 26 heavy (non-hydrogen) atoms. The van der Waals surface area contributed by atoms with E-state index < -0.39 is 12.0 Å². The molecule has 0 heterocycles. The van der Waals surface area contributed by atoms with Crippen LogP contribution in [0.3, 0.4) is 0 Å². The van der Waals surface area contributed by atoms with Crippen LogP contribution < -0.4 is 14.8 Å². The summed E-state index contributed by atoms with van der Waals surface area (Å²) in [6.45, 7) is 6.94. The molecular formula is C20H24BrNO4. The van der Waals surface area contributed by atoms with Gasteiger partial charge in [-0.1, -0.05) is 45.8 Å². The maximum atomic E-state index is 11.0. The third-order valence-electron chi connectivity index (χ3n) is 3.86. The molecule has 0 saturated heterocycles. The summed E-state index contributed by atoms with van der Waals surface area (Å²) >= 11 is 3.53. The fourth-order valence-corrected chi connectivity index (χ4v) is 2.87. The van der Waals surface area contributed by atoms with Crippen molar-refractivity contribution in [2.24, 2.45) is 0 Å². The summed E-state index contributed by atoms with van der Waals surface area (Å²) < 4.78 is 12.5. The van der Waals surface area contributed by atoms with Gasteiger partial charge in [-0.3, -0.25) is 4.79 Å². The van der Waals surface area contributed by atoms with Gasteiger partial charge in [0, 0.05) is 11.0 Å². The molecule has 5 nitrogen and oxygen atoms in total. The Bertz CT molecular complexity index is 763. The molecule has 0 fully saturated rings. The number of carboxylic acid groups (broad SMARTS) is 1. The summed E-state index contributed by atoms with van der Waals surface area (Å²) in [5, 5.41) is 12.0. The lowest BCUT2D eigenvalue weighted by molar-refractivity contribution is -0.139. The van der Waals surface area contributed by atoms with Gasteiger partial charge in [0.25, 0.3) is 0 Å². The van der Waals surface area contributed by atoms with E-state index in [9.17, 15) is 4.79 Å². The largest absolute Gasteiger partial charge is 0.490 e. The van der Waals surface area contributed by atoms with Gasteiger partial charge in [0.15, 0.2) is 11.5 Å². The fraction of sp³-hybridized carbons (Fsp3) is 0.350. The number of hydrogen-bond donors (Lipinski definition) is 2. The lowest BCUT2D eigenvalue weighted by Crippen LogP contribution is -2.33. The minimum absolute atomic E-state index is 0.409. The summed E-state index contributed by atoms with van der Waals surface area (Å²) in [5.74, 6) is 0.405.